The number of nitrogens with one attached hydrogen (secondary N) is 2. The Balaban J connectivity index is 2.01. The largest absolute Gasteiger partial charge is 0.351 e. The third kappa shape index (κ3) is 4.47. The van der Waals surface area contributed by atoms with Gasteiger partial charge in [-0.25, -0.2) is 0 Å². The highest BCUT2D eigenvalue weighted by atomic mass is 79.9. The highest BCUT2D eigenvalue weighted by Gasteiger charge is 2.18. The smallest absolute Gasteiger partial charge is 0.271 e. The molecule has 25 heavy (non-hydrogen) atoms. The number of halogens is 1. The number of carbonyl (C=O) groups excluding carboxylic acids is 2. The molecule has 0 aliphatic rings. The van der Waals surface area contributed by atoms with Crippen molar-refractivity contribution in [1.82, 2.24) is 24.9 Å². The molecule has 0 bridgehead atoms. The van der Waals surface area contributed by atoms with Crippen LogP contribution in [0.4, 0.5) is 5.69 Å². The van der Waals surface area contributed by atoms with Crippen LogP contribution in [0.3, 0.4) is 0 Å². The molecule has 2 aromatic heterocycles. The summed E-state index contributed by atoms with van der Waals surface area (Å²) in [6.07, 6.45) is 2.57. The summed E-state index contributed by atoms with van der Waals surface area (Å²) in [4.78, 5) is 24.5. The number of rotatable bonds is 7. The number of amides is 2. The molecule has 0 fully saturated rings. The Labute approximate surface area is 155 Å². The molecule has 2 amide bonds. The molecule has 0 aliphatic carbocycles. The Kier molecular flexibility index (Phi) is 6.35. The van der Waals surface area contributed by atoms with E-state index in [0.717, 1.165) is 22.3 Å². The number of aryl methyl sites for hydroxylation is 3. The average molecular weight is 411 g/mol. The lowest BCUT2D eigenvalue weighted by atomic mass is 10.3. The number of carbonyl (C=O) groups is 2. The zero-order chi connectivity index (χ0) is 18.6. The van der Waals surface area contributed by atoms with Crippen molar-refractivity contribution >= 4 is 33.4 Å². The maximum atomic E-state index is 12.3. The van der Waals surface area contributed by atoms with Crippen LogP contribution in [-0.2, 0) is 18.4 Å². The van der Waals surface area contributed by atoms with E-state index >= 15 is 0 Å². The van der Waals surface area contributed by atoms with Crippen LogP contribution in [0.1, 0.15) is 41.6 Å². The minimum Gasteiger partial charge on any atom is -0.351 e. The first-order chi connectivity index (χ1) is 11.8. The van der Waals surface area contributed by atoms with E-state index in [4.69, 9.17) is 0 Å². The molecular formula is C16H23BrN6O2. The van der Waals surface area contributed by atoms with Gasteiger partial charge >= 0.3 is 0 Å². The summed E-state index contributed by atoms with van der Waals surface area (Å²) in [5.74, 6) is -0.444. The molecule has 0 radical (unpaired) electrons. The molecule has 2 aromatic rings. The van der Waals surface area contributed by atoms with Crippen molar-refractivity contribution in [3.8, 4) is 0 Å². The molecule has 0 saturated carbocycles. The summed E-state index contributed by atoms with van der Waals surface area (Å²) < 4.78 is 4.20. The number of anilines is 1. The van der Waals surface area contributed by atoms with Gasteiger partial charge in [0.1, 0.15) is 5.69 Å². The highest BCUT2D eigenvalue weighted by molar-refractivity contribution is 9.10. The third-order valence-corrected chi connectivity index (χ3v) is 4.95. The SMILES string of the molecule is CCCNC(=O)c1c(NC(=O)CCn2nc(C)c(Br)c2C)cnn1C. The van der Waals surface area contributed by atoms with Gasteiger partial charge in [-0.15, -0.1) is 0 Å². The molecular weight excluding hydrogens is 388 g/mol. The second-order valence-corrected chi connectivity index (χ2v) is 6.59. The average Bonchev–Trinajstić information content (AvgIpc) is 3.05. The standard InChI is InChI=1S/C16H23BrN6O2/c1-5-7-18-16(25)15-12(9-19-22(15)4)20-13(24)6-8-23-11(3)14(17)10(2)21-23/h9H,5-8H2,1-4H3,(H,18,25)(H,20,24). The fourth-order valence-electron chi connectivity index (χ4n) is 2.43. The van der Waals surface area contributed by atoms with Crippen molar-refractivity contribution in [3.05, 3.63) is 27.8 Å². The van der Waals surface area contributed by atoms with Crippen molar-refractivity contribution in [2.45, 2.75) is 40.2 Å². The van der Waals surface area contributed by atoms with E-state index in [-0.39, 0.29) is 18.2 Å². The number of nitrogens with zero attached hydrogens (tertiary/aromatic N) is 4. The summed E-state index contributed by atoms with van der Waals surface area (Å²) in [5, 5.41) is 14.0. The van der Waals surface area contributed by atoms with Crippen LogP contribution < -0.4 is 10.6 Å². The van der Waals surface area contributed by atoms with Crippen LogP contribution in [0.25, 0.3) is 0 Å². The molecule has 9 heteroatoms. The summed E-state index contributed by atoms with van der Waals surface area (Å²) in [6, 6.07) is 0. The first-order valence-corrected chi connectivity index (χ1v) is 8.94. The topological polar surface area (TPSA) is 93.8 Å². The fraction of sp³-hybridized carbons (Fsp3) is 0.500. The maximum Gasteiger partial charge on any atom is 0.271 e. The van der Waals surface area contributed by atoms with E-state index < -0.39 is 0 Å². The van der Waals surface area contributed by atoms with Gasteiger partial charge in [0, 0.05) is 25.7 Å². The van der Waals surface area contributed by atoms with E-state index in [9.17, 15) is 9.59 Å². The monoisotopic (exact) mass is 410 g/mol. The summed E-state index contributed by atoms with van der Waals surface area (Å²) in [6.45, 7) is 6.86. The Morgan fingerprint density at radius 1 is 1.32 bits per heavy atom. The first kappa shape index (κ1) is 19.2. The van der Waals surface area contributed by atoms with Crippen molar-refractivity contribution < 1.29 is 9.59 Å². The van der Waals surface area contributed by atoms with Crippen LogP contribution >= 0.6 is 15.9 Å². The van der Waals surface area contributed by atoms with Crippen molar-refractivity contribution in [2.24, 2.45) is 7.05 Å². The predicted molar refractivity (Wildman–Crippen MR) is 98.5 cm³/mol. The highest BCUT2D eigenvalue weighted by Crippen LogP contribution is 2.20. The van der Waals surface area contributed by atoms with Gasteiger partial charge in [0.05, 0.1) is 28.6 Å². The molecule has 0 saturated heterocycles. The van der Waals surface area contributed by atoms with E-state index in [1.165, 1.54) is 10.9 Å². The molecule has 8 nitrogen and oxygen atoms in total. The van der Waals surface area contributed by atoms with E-state index in [2.05, 4.69) is 36.8 Å². The molecule has 0 aromatic carbocycles. The van der Waals surface area contributed by atoms with Gasteiger partial charge in [-0.2, -0.15) is 10.2 Å². The molecule has 0 spiro atoms. The lowest BCUT2D eigenvalue weighted by molar-refractivity contribution is -0.116. The van der Waals surface area contributed by atoms with Crippen LogP contribution in [0, 0.1) is 13.8 Å². The Bertz CT molecular complexity index is 780. The second kappa shape index (κ2) is 8.28. The van der Waals surface area contributed by atoms with Gasteiger partial charge in [-0.3, -0.25) is 19.0 Å². The molecule has 2 rings (SSSR count). The van der Waals surface area contributed by atoms with E-state index in [0.29, 0.717) is 24.5 Å². The second-order valence-electron chi connectivity index (χ2n) is 5.79. The van der Waals surface area contributed by atoms with Crippen LogP contribution in [0.15, 0.2) is 10.7 Å². The zero-order valence-corrected chi connectivity index (χ0v) is 16.5. The predicted octanol–water partition coefficient (Wildman–Crippen LogP) is 2.16. The van der Waals surface area contributed by atoms with Gasteiger partial charge in [-0.1, -0.05) is 6.92 Å². The maximum absolute atomic E-state index is 12.3. The number of hydrogen-bond donors (Lipinski definition) is 2. The molecule has 2 heterocycles. The molecule has 2 N–H and O–H groups in total. The van der Waals surface area contributed by atoms with Gasteiger partial charge in [0.25, 0.3) is 5.91 Å². The van der Waals surface area contributed by atoms with Gasteiger partial charge in [0.15, 0.2) is 0 Å². The molecule has 0 unspecified atom stereocenters. The number of hydrogen-bond acceptors (Lipinski definition) is 4. The third-order valence-electron chi connectivity index (χ3n) is 3.81. The quantitative estimate of drug-likeness (QED) is 0.730. The Morgan fingerprint density at radius 2 is 2.04 bits per heavy atom. The van der Waals surface area contributed by atoms with Crippen LogP contribution in [-0.4, -0.2) is 37.9 Å². The Hall–Kier alpha value is -2.16. The van der Waals surface area contributed by atoms with E-state index in [1.807, 2.05) is 20.8 Å². The summed E-state index contributed by atoms with van der Waals surface area (Å²) in [7, 11) is 1.67. The van der Waals surface area contributed by atoms with Gasteiger partial charge in [0.2, 0.25) is 5.91 Å². The molecule has 0 aliphatic heterocycles. The summed E-state index contributed by atoms with van der Waals surface area (Å²) in [5.41, 5.74) is 2.62. The van der Waals surface area contributed by atoms with Crippen molar-refractivity contribution in [1.29, 1.82) is 0 Å². The van der Waals surface area contributed by atoms with Crippen LogP contribution in [0.2, 0.25) is 0 Å². The number of aromatic nitrogens is 4. The van der Waals surface area contributed by atoms with Gasteiger partial charge in [-0.05, 0) is 36.2 Å². The summed E-state index contributed by atoms with van der Waals surface area (Å²) >= 11 is 3.47. The van der Waals surface area contributed by atoms with Crippen molar-refractivity contribution in [3.63, 3.8) is 0 Å². The van der Waals surface area contributed by atoms with Gasteiger partial charge < -0.3 is 10.6 Å². The normalized spacial score (nSPS) is 10.8. The lowest BCUT2D eigenvalue weighted by Gasteiger charge is -2.09. The molecule has 0 atom stereocenters. The van der Waals surface area contributed by atoms with Crippen molar-refractivity contribution in [2.75, 3.05) is 11.9 Å². The minimum absolute atomic E-state index is 0.193. The molecule has 136 valence electrons. The Morgan fingerprint density at radius 3 is 2.64 bits per heavy atom. The minimum atomic E-state index is -0.250. The first-order valence-electron chi connectivity index (χ1n) is 8.14. The zero-order valence-electron chi connectivity index (χ0n) is 14.9. The fourth-order valence-corrected chi connectivity index (χ4v) is 2.72. The van der Waals surface area contributed by atoms with E-state index in [1.54, 1.807) is 11.7 Å². The van der Waals surface area contributed by atoms with Crippen LogP contribution in [0.5, 0.6) is 0 Å². The lowest BCUT2D eigenvalue weighted by Crippen LogP contribution is -2.27.